The molecule has 0 unspecified atom stereocenters. The maximum atomic E-state index is 2.33. The van der Waals surface area contributed by atoms with E-state index in [-0.39, 0.29) is 0 Å². The van der Waals surface area contributed by atoms with Crippen molar-refractivity contribution in [1.29, 1.82) is 0 Å². The Labute approximate surface area is 157 Å². The minimum Gasteiger partial charge on any atom is -0.193 e. The Morgan fingerprint density at radius 2 is 1.04 bits per heavy atom. The second-order valence-corrected chi connectivity index (χ2v) is 6.61. The van der Waals surface area contributed by atoms with Crippen LogP contribution in [0.15, 0.2) is 66.7 Å². The van der Waals surface area contributed by atoms with E-state index in [2.05, 4.69) is 116 Å². The third kappa shape index (κ3) is 4.58. The predicted molar refractivity (Wildman–Crippen MR) is 113 cm³/mol. The number of pyridine rings is 1. The van der Waals surface area contributed by atoms with Crippen molar-refractivity contribution in [2.45, 2.75) is 27.3 Å². The molecule has 0 aliphatic carbocycles. The first-order valence-corrected chi connectivity index (χ1v) is 9.18. The van der Waals surface area contributed by atoms with E-state index in [1.54, 1.807) is 0 Å². The molecule has 3 aromatic rings. The van der Waals surface area contributed by atoms with E-state index in [0.29, 0.717) is 0 Å². The van der Waals surface area contributed by atoms with Crippen molar-refractivity contribution in [3.05, 3.63) is 100 Å². The molecule has 1 heteroatoms. The lowest BCUT2D eigenvalue weighted by atomic mass is 10.1. The molecule has 1 nitrogen and oxygen atoms in total. The van der Waals surface area contributed by atoms with Gasteiger partial charge in [-0.3, -0.25) is 0 Å². The molecule has 0 aliphatic rings. The Morgan fingerprint density at radius 3 is 1.42 bits per heavy atom. The smallest absolute Gasteiger partial charge is 0.193 e. The van der Waals surface area contributed by atoms with Crippen LogP contribution in [0.3, 0.4) is 0 Å². The highest BCUT2D eigenvalue weighted by atomic mass is 15.0. The molecule has 0 atom stereocenters. The van der Waals surface area contributed by atoms with Crippen LogP contribution in [-0.2, 0) is 6.54 Å². The second kappa shape index (κ2) is 8.44. The zero-order valence-corrected chi connectivity index (χ0v) is 15.8. The van der Waals surface area contributed by atoms with Crippen LogP contribution in [0.1, 0.15) is 40.6 Å². The van der Waals surface area contributed by atoms with E-state index in [1.165, 1.54) is 33.6 Å². The summed E-state index contributed by atoms with van der Waals surface area (Å²) in [6.07, 6.45) is 8.73. The highest BCUT2D eigenvalue weighted by Crippen LogP contribution is 2.11. The molecule has 0 aliphatic heterocycles. The van der Waals surface area contributed by atoms with E-state index in [9.17, 15) is 0 Å². The first kappa shape index (κ1) is 17.9. The predicted octanol–water partition coefficient (Wildman–Crippen LogP) is 5.95. The van der Waals surface area contributed by atoms with Crippen LogP contribution in [0.2, 0.25) is 0 Å². The fourth-order valence-corrected chi connectivity index (χ4v) is 2.95. The summed E-state index contributed by atoms with van der Waals surface area (Å²) in [5.74, 6) is 0. The fourth-order valence-electron chi connectivity index (χ4n) is 2.95. The monoisotopic (exact) mass is 340 g/mol. The maximum Gasteiger partial charge on any atom is 0.205 e. The summed E-state index contributed by atoms with van der Waals surface area (Å²) in [4.78, 5) is 0. The molecule has 0 fully saturated rings. The van der Waals surface area contributed by atoms with Crippen LogP contribution >= 0.6 is 0 Å². The average Bonchev–Trinajstić information content (AvgIpc) is 2.67. The van der Waals surface area contributed by atoms with Crippen molar-refractivity contribution in [3.63, 3.8) is 0 Å². The Balaban J connectivity index is 1.87. The van der Waals surface area contributed by atoms with Gasteiger partial charge in [0.15, 0.2) is 0 Å². The first-order chi connectivity index (χ1) is 12.7. The minimum absolute atomic E-state index is 0.933. The van der Waals surface area contributed by atoms with Crippen molar-refractivity contribution in [2.75, 3.05) is 0 Å². The Kier molecular flexibility index (Phi) is 5.80. The largest absolute Gasteiger partial charge is 0.205 e. The van der Waals surface area contributed by atoms with Crippen LogP contribution in [0.4, 0.5) is 0 Å². The number of hydrogen-bond acceptors (Lipinski definition) is 0. The lowest BCUT2D eigenvalue weighted by molar-refractivity contribution is -0.696. The highest BCUT2D eigenvalue weighted by molar-refractivity contribution is 5.69. The first-order valence-electron chi connectivity index (χ1n) is 9.18. The number of rotatable bonds is 5. The normalized spacial score (nSPS) is 11.5. The van der Waals surface area contributed by atoms with Gasteiger partial charge < -0.3 is 0 Å². The maximum absolute atomic E-state index is 2.33. The Bertz CT molecular complexity index is 840. The van der Waals surface area contributed by atoms with Gasteiger partial charge in [-0.15, -0.1) is 0 Å². The number of benzene rings is 2. The van der Waals surface area contributed by atoms with Crippen molar-refractivity contribution in [1.82, 2.24) is 0 Å². The minimum atomic E-state index is 0.933. The topological polar surface area (TPSA) is 3.88 Å². The van der Waals surface area contributed by atoms with Crippen LogP contribution in [0.25, 0.3) is 24.3 Å². The summed E-state index contributed by atoms with van der Waals surface area (Å²) in [7, 11) is 0. The van der Waals surface area contributed by atoms with Crippen molar-refractivity contribution in [2.24, 2.45) is 0 Å². The molecule has 0 spiro atoms. The van der Waals surface area contributed by atoms with E-state index in [1.807, 2.05) is 0 Å². The van der Waals surface area contributed by atoms with Gasteiger partial charge in [0, 0.05) is 24.3 Å². The summed E-state index contributed by atoms with van der Waals surface area (Å²) < 4.78 is 2.33. The molecule has 0 saturated carbocycles. The lowest BCUT2D eigenvalue weighted by Crippen LogP contribution is -2.38. The van der Waals surface area contributed by atoms with Crippen molar-refractivity contribution >= 4 is 24.3 Å². The van der Waals surface area contributed by atoms with Gasteiger partial charge in [0.05, 0.1) is 0 Å². The van der Waals surface area contributed by atoms with E-state index in [0.717, 1.165) is 6.54 Å². The molecule has 0 N–H and O–H groups in total. The van der Waals surface area contributed by atoms with Gasteiger partial charge in [-0.25, -0.2) is 0 Å². The second-order valence-electron chi connectivity index (χ2n) is 6.61. The fraction of sp³-hybridized carbons (Fsp3) is 0.160. The van der Waals surface area contributed by atoms with Gasteiger partial charge >= 0.3 is 0 Å². The van der Waals surface area contributed by atoms with Crippen LogP contribution in [0.5, 0.6) is 0 Å². The van der Waals surface area contributed by atoms with Crippen LogP contribution in [-0.4, -0.2) is 0 Å². The molecule has 0 bridgehead atoms. The highest BCUT2D eigenvalue weighted by Gasteiger charge is 2.10. The van der Waals surface area contributed by atoms with Gasteiger partial charge in [-0.1, -0.05) is 59.7 Å². The van der Waals surface area contributed by atoms with Crippen LogP contribution < -0.4 is 4.57 Å². The molecule has 1 aromatic heterocycles. The zero-order valence-electron chi connectivity index (χ0n) is 15.8. The van der Waals surface area contributed by atoms with Gasteiger partial charge in [-0.05, 0) is 50.1 Å². The molecule has 0 radical (unpaired) electrons. The molecule has 0 saturated heterocycles. The molecule has 3 rings (SSSR count). The SMILES string of the molecule is CC[n+]1c(/C=C/c2ccc(C)cc2)cccc1/C=C/c1ccc(C)cc1. The van der Waals surface area contributed by atoms with Gasteiger partial charge in [-0.2, -0.15) is 4.57 Å². The number of aromatic nitrogens is 1. The van der Waals surface area contributed by atoms with E-state index >= 15 is 0 Å². The standard InChI is InChI=1S/C25H26N/c1-4-26-24(18-16-22-12-8-20(2)9-13-22)6-5-7-25(26)19-17-23-14-10-21(3)11-15-23/h5-19H,4H2,1-3H3/q+1/b18-16+,19-17+. The summed E-state index contributed by atoms with van der Waals surface area (Å²) in [5.41, 5.74) is 7.43. The summed E-state index contributed by atoms with van der Waals surface area (Å²) in [5, 5.41) is 0. The summed E-state index contributed by atoms with van der Waals surface area (Å²) in [6.45, 7) is 7.35. The summed E-state index contributed by atoms with van der Waals surface area (Å²) in [6, 6.07) is 23.7. The quantitative estimate of drug-likeness (QED) is 0.505. The summed E-state index contributed by atoms with van der Waals surface area (Å²) >= 11 is 0. The molecular weight excluding hydrogens is 314 g/mol. The lowest BCUT2D eigenvalue weighted by Gasteiger charge is -2.02. The van der Waals surface area contributed by atoms with Gasteiger partial charge in [0.1, 0.15) is 6.54 Å². The van der Waals surface area contributed by atoms with Crippen molar-refractivity contribution in [3.8, 4) is 0 Å². The molecular formula is C25H26N+. The Hall–Kier alpha value is -2.93. The Morgan fingerprint density at radius 1 is 0.615 bits per heavy atom. The number of hydrogen-bond donors (Lipinski definition) is 0. The molecule has 130 valence electrons. The van der Waals surface area contributed by atoms with Crippen molar-refractivity contribution < 1.29 is 4.57 Å². The third-order valence-electron chi connectivity index (χ3n) is 4.52. The zero-order chi connectivity index (χ0) is 18.4. The van der Waals surface area contributed by atoms with Crippen LogP contribution in [0, 0.1) is 13.8 Å². The van der Waals surface area contributed by atoms with Gasteiger partial charge in [0.25, 0.3) is 0 Å². The third-order valence-corrected chi connectivity index (χ3v) is 4.52. The number of nitrogens with zero attached hydrogens (tertiary/aromatic N) is 1. The average molecular weight is 340 g/mol. The molecule has 1 heterocycles. The molecule has 2 aromatic carbocycles. The van der Waals surface area contributed by atoms with E-state index in [4.69, 9.17) is 0 Å². The molecule has 0 amide bonds. The molecule has 26 heavy (non-hydrogen) atoms. The van der Waals surface area contributed by atoms with Gasteiger partial charge in [0.2, 0.25) is 11.4 Å². The van der Waals surface area contributed by atoms with E-state index < -0.39 is 0 Å². The number of aryl methyl sites for hydroxylation is 2.